The highest BCUT2D eigenvalue weighted by Crippen LogP contribution is 2.34. The number of para-hydroxylation sites is 1. The van der Waals surface area contributed by atoms with Crippen molar-refractivity contribution in [2.45, 2.75) is 19.3 Å². The number of anilines is 1. The Labute approximate surface area is 174 Å². The number of halogens is 1. The number of benzene rings is 1. The first-order valence-electron chi connectivity index (χ1n) is 10.1. The van der Waals surface area contributed by atoms with Crippen molar-refractivity contribution in [1.82, 2.24) is 9.80 Å². The highest BCUT2D eigenvalue weighted by atomic mass is 32.1. The molecule has 29 heavy (non-hydrogen) atoms. The Morgan fingerprint density at radius 2 is 1.86 bits per heavy atom. The summed E-state index contributed by atoms with van der Waals surface area (Å²) in [7, 11) is 3.52. The Hall–Kier alpha value is -2.41. The van der Waals surface area contributed by atoms with Crippen molar-refractivity contribution in [2.24, 2.45) is 5.92 Å². The predicted molar refractivity (Wildman–Crippen MR) is 113 cm³/mol. The van der Waals surface area contributed by atoms with Gasteiger partial charge in [0.2, 0.25) is 5.91 Å². The van der Waals surface area contributed by atoms with Gasteiger partial charge in [0.05, 0.1) is 10.6 Å². The van der Waals surface area contributed by atoms with Crippen molar-refractivity contribution >= 4 is 28.8 Å². The Balaban J connectivity index is 1.38. The lowest BCUT2D eigenvalue weighted by atomic mass is 9.87. The first-order chi connectivity index (χ1) is 13.9. The molecule has 0 radical (unpaired) electrons. The second-order valence-electron chi connectivity index (χ2n) is 7.96. The van der Waals surface area contributed by atoms with Crippen molar-refractivity contribution in [1.29, 1.82) is 0 Å². The van der Waals surface area contributed by atoms with Crippen LogP contribution in [0.2, 0.25) is 0 Å². The molecule has 1 saturated heterocycles. The van der Waals surface area contributed by atoms with E-state index in [1.807, 2.05) is 21.9 Å². The maximum Gasteiger partial charge on any atom is 0.263 e. The van der Waals surface area contributed by atoms with E-state index < -0.39 is 0 Å². The number of aryl methyl sites for hydroxylation is 1. The molecule has 4 rings (SSSR count). The standard InChI is InChI=1S/C22H26FN3O2S/c1-24(2)22(28)20-14-16-13-15(7-8-19(16)29-20)21(27)26-11-9-25(10-12-26)18-6-4-3-5-17(18)23/h3-6,14-15H,7-13H2,1-2H3/t15-/m1/s1. The Bertz CT molecular complexity index is 919. The van der Waals surface area contributed by atoms with E-state index in [0.29, 0.717) is 38.3 Å². The fourth-order valence-electron chi connectivity index (χ4n) is 4.19. The van der Waals surface area contributed by atoms with Gasteiger partial charge in [0, 0.05) is 51.1 Å². The molecule has 1 aromatic heterocycles. The molecule has 1 fully saturated rings. The maximum atomic E-state index is 14.0. The first-order valence-corrected chi connectivity index (χ1v) is 10.9. The summed E-state index contributed by atoms with van der Waals surface area (Å²) >= 11 is 1.56. The van der Waals surface area contributed by atoms with Gasteiger partial charge >= 0.3 is 0 Å². The van der Waals surface area contributed by atoms with Crippen LogP contribution in [0.5, 0.6) is 0 Å². The molecule has 0 N–H and O–H groups in total. The molecule has 2 aromatic rings. The molecule has 1 atom stereocenters. The van der Waals surface area contributed by atoms with Gasteiger partial charge in [0.1, 0.15) is 5.82 Å². The topological polar surface area (TPSA) is 43.9 Å². The van der Waals surface area contributed by atoms with Crippen molar-refractivity contribution in [3.8, 4) is 0 Å². The fourth-order valence-corrected chi connectivity index (χ4v) is 5.42. The Morgan fingerprint density at radius 1 is 1.14 bits per heavy atom. The van der Waals surface area contributed by atoms with Gasteiger partial charge in [-0.05, 0) is 43.0 Å². The highest BCUT2D eigenvalue weighted by Gasteiger charge is 2.32. The lowest BCUT2D eigenvalue weighted by Crippen LogP contribution is -2.51. The summed E-state index contributed by atoms with van der Waals surface area (Å²) in [6.07, 6.45) is 2.39. The number of nitrogens with zero attached hydrogens (tertiary/aromatic N) is 3. The molecule has 1 aliphatic heterocycles. The molecule has 154 valence electrons. The van der Waals surface area contributed by atoms with Crippen LogP contribution in [-0.2, 0) is 17.6 Å². The van der Waals surface area contributed by atoms with E-state index in [-0.39, 0.29) is 23.5 Å². The van der Waals surface area contributed by atoms with E-state index in [2.05, 4.69) is 0 Å². The van der Waals surface area contributed by atoms with E-state index in [0.717, 1.165) is 23.3 Å². The summed E-state index contributed by atoms with van der Waals surface area (Å²) in [5.41, 5.74) is 1.76. The van der Waals surface area contributed by atoms with Crippen LogP contribution in [0, 0.1) is 11.7 Å². The molecule has 0 bridgehead atoms. The summed E-state index contributed by atoms with van der Waals surface area (Å²) < 4.78 is 14.0. The largest absolute Gasteiger partial charge is 0.366 e. The molecule has 5 nitrogen and oxygen atoms in total. The van der Waals surface area contributed by atoms with Crippen LogP contribution in [0.4, 0.5) is 10.1 Å². The Morgan fingerprint density at radius 3 is 2.55 bits per heavy atom. The van der Waals surface area contributed by atoms with Crippen molar-refractivity contribution < 1.29 is 14.0 Å². The number of thiophene rings is 1. The van der Waals surface area contributed by atoms with Gasteiger partial charge in [-0.2, -0.15) is 0 Å². The third kappa shape index (κ3) is 4.01. The van der Waals surface area contributed by atoms with Gasteiger partial charge < -0.3 is 14.7 Å². The first kappa shape index (κ1) is 19.9. The zero-order valence-corrected chi connectivity index (χ0v) is 17.7. The van der Waals surface area contributed by atoms with Gasteiger partial charge in [0.25, 0.3) is 5.91 Å². The molecule has 2 amide bonds. The summed E-state index contributed by atoms with van der Waals surface area (Å²) in [5, 5.41) is 0. The van der Waals surface area contributed by atoms with Crippen LogP contribution >= 0.6 is 11.3 Å². The van der Waals surface area contributed by atoms with Gasteiger partial charge in [-0.3, -0.25) is 9.59 Å². The molecule has 1 aromatic carbocycles. The monoisotopic (exact) mass is 415 g/mol. The minimum absolute atomic E-state index is 0.0246. The second-order valence-corrected chi connectivity index (χ2v) is 9.10. The van der Waals surface area contributed by atoms with Crippen molar-refractivity contribution in [3.05, 3.63) is 51.5 Å². The average Bonchev–Trinajstić information content (AvgIpc) is 3.16. The lowest BCUT2D eigenvalue weighted by molar-refractivity contribution is -0.136. The molecule has 0 unspecified atom stereocenters. The predicted octanol–water partition coefficient (Wildman–Crippen LogP) is 3.04. The third-order valence-corrected chi connectivity index (χ3v) is 7.06. The number of hydrogen-bond donors (Lipinski definition) is 0. The quantitative estimate of drug-likeness (QED) is 0.774. The average molecular weight is 416 g/mol. The minimum atomic E-state index is -0.215. The van der Waals surface area contributed by atoms with E-state index in [1.54, 1.807) is 42.5 Å². The Kier molecular flexibility index (Phi) is 5.58. The number of carbonyl (C=O) groups is 2. The van der Waals surface area contributed by atoms with E-state index in [4.69, 9.17) is 0 Å². The number of hydrogen-bond acceptors (Lipinski definition) is 4. The van der Waals surface area contributed by atoms with E-state index >= 15 is 0 Å². The number of carbonyl (C=O) groups excluding carboxylic acids is 2. The van der Waals surface area contributed by atoms with Gasteiger partial charge in [-0.1, -0.05) is 12.1 Å². The van der Waals surface area contributed by atoms with Crippen LogP contribution in [0.3, 0.4) is 0 Å². The smallest absolute Gasteiger partial charge is 0.263 e. The zero-order chi connectivity index (χ0) is 20.5. The molecule has 0 spiro atoms. The van der Waals surface area contributed by atoms with Crippen molar-refractivity contribution in [2.75, 3.05) is 45.2 Å². The van der Waals surface area contributed by atoms with E-state index in [1.165, 1.54) is 10.9 Å². The normalized spacial score (nSPS) is 19.1. The lowest BCUT2D eigenvalue weighted by Gasteiger charge is -2.38. The summed E-state index contributed by atoms with van der Waals surface area (Å²) in [5.74, 6) is -0.0286. The molecule has 1 aliphatic carbocycles. The summed E-state index contributed by atoms with van der Waals surface area (Å²) in [4.78, 5) is 32.8. The van der Waals surface area contributed by atoms with Gasteiger partial charge in [-0.25, -0.2) is 4.39 Å². The van der Waals surface area contributed by atoms with Gasteiger partial charge in [-0.15, -0.1) is 11.3 Å². The van der Waals surface area contributed by atoms with Crippen LogP contribution in [0.15, 0.2) is 30.3 Å². The second kappa shape index (κ2) is 8.14. The van der Waals surface area contributed by atoms with Crippen LogP contribution in [-0.4, -0.2) is 61.9 Å². The van der Waals surface area contributed by atoms with Crippen molar-refractivity contribution in [3.63, 3.8) is 0 Å². The molecular formula is C22H26FN3O2S. The third-order valence-electron chi connectivity index (χ3n) is 5.83. The molecular weight excluding hydrogens is 389 g/mol. The summed E-state index contributed by atoms with van der Waals surface area (Å²) in [6, 6.07) is 8.77. The molecule has 2 aliphatic rings. The van der Waals surface area contributed by atoms with E-state index in [9.17, 15) is 14.0 Å². The maximum absolute atomic E-state index is 14.0. The zero-order valence-electron chi connectivity index (χ0n) is 16.9. The number of amides is 2. The summed E-state index contributed by atoms with van der Waals surface area (Å²) in [6.45, 7) is 2.52. The number of fused-ring (bicyclic) bond motifs is 1. The molecule has 7 heteroatoms. The fraction of sp³-hybridized carbons (Fsp3) is 0.455. The van der Waals surface area contributed by atoms with Crippen LogP contribution in [0.25, 0.3) is 0 Å². The number of rotatable bonds is 3. The van der Waals surface area contributed by atoms with Crippen LogP contribution in [0.1, 0.15) is 26.5 Å². The highest BCUT2D eigenvalue weighted by molar-refractivity contribution is 7.14. The minimum Gasteiger partial charge on any atom is -0.366 e. The SMILES string of the molecule is CN(C)C(=O)c1cc2c(s1)CC[C@@H](C(=O)N1CCN(c3ccccc3F)CC1)C2. The van der Waals surface area contributed by atoms with Crippen LogP contribution < -0.4 is 4.90 Å². The molecule has 2 heterocycles. The number of piperazine rings is 1. The van der Waals surface area contributed by atoms with Gasteiger partial charge in [0.15, 0.2) is 0 Å². The molecule has 0 saturated carbocycles.